The summed E-state index contributed by atoms with van der Waals surface area (Å²) in [5.41, 5.74) is 8.20. The summed E-state index contributed by atoms with van der Waals surface area (Å²) in [4.78, 5) is 5.62. The monoisotopic (exact) mass is 361 g/mol. The van der Waals surface area contributed by atoms with Crippen LogP contribution >= 0.6 is 27.7 Å². The van der Waals surface area contributed by atoms with Crippen molar-refractivity contribution < 1.29 is 4.52 Å². The molecule has 0 aliphatic carbocycles. The van der Waals surface area contributed by atoms with Crippen molar-refractivity contribution in [2.45, 2.75) is 4.90 Å². The van der Waals surface area contributed by atoms with Crippen LogP contribution in [0, 0.1) is 0 Å². The van der Waals surface area contributed by atoms with Crippen molar-refractivity contribution in [3.05, 3.63) is 46.9 Å². The lowest BCUT2D eigenvalue weighted by atomic mass is 10.2. The first-order chi connectivity index (χ1) is 10.2. The topological polar surface area (TPSA) is 64.9 Å². The van der Waals surface area contributed by atoms with E-state index in [4.69, 9.17) is 10.3 Å². The Morgan fingerprint density at radius 1 is 1.14 bits per heavy atom. The van der Waals surface area contributed by atoms with Gasteiger partial charge in [-0.3, -0.25) is 0 Å². The molecule has 1 aromatic heterocycles. The van der Waals surface area contributed by atoms with Crippen LogP contribution in [-0.2, 0) is 0 Å². The highest BCUT2D eigenvalue weighted by molar-refractivity contribution is 9.10. The molecule has 0 unspecified atom stereocenters. The maximum Gasteiger partial charge on any atom is 0.260 e. The molecular formula is C15H12BrN3OS. The summed E-state index contributed by atoms with van der Waals surface area (Å²) in [5.74, 6) is 0.967. The van der Waals surface area contributed by atoms with Crippen molar-refractivity contribution in [3.8, 4) is 22.8 Å². The van der Waals surface area contributed by atoms with E-state index in [1.807, 2.05) is 42.7 Å². The van der Waals surface area contributed by atoms with Gasteiger partial charge in [0.1, 0.15) is 0 Å². The summed E-state index contributed by atoms with van der Waals surface area (Å²) in [5, 5.41) is 4.03. The Morgan fingerprint density at radius 2 is 1.90 bits per heavy atom. The van der Waals surface area contributed by atoms with E-state index in [1.54, 1.807) is 17.8 Å². The van der Waals surface area contributed by atoms with Crippen LogP contribution in [0.2, 0.25) is 0 Å². The zero-order valence-corrected chi connectivity index (χ0v) is 13.6. The Kier molecular flexibility index (Phi) is 3.98. The fourth-order valence-corrected chi connectivity index (χ4v) is 2.67. The molecule has 3 rings (SSSR count). The normalized spacial score (nSPS) is 10.8. The lowest BCUT2D eigenvalue weighted by Gasteiger charge is -2.00. The van der Waals surface area contributed by atoms with Gasteiger partial charge in [0.2, 0.25) is 5.82 Å². The molecule has 2 aromatic carbocycles. The molecule has 0 fully saturated rings. The van der Waals surface area contributed by atoms with Crippen LogP contribution in [-0.4, -0.2) is 16.4 Å². The summed E-state index contributed by atoms with van der Waals surface area (Å²) >= 11 is 5.11. The average Bonchev–Trinajstić information content (AvgIpc) is 2.99. The van der Waals surface area contributed by atoms with Gasteiger partial charge in [-0.1, -0.05) is 21.1 Å². The Hall–Kier alpha value is -1.79. The Morgan fingerprint density at radius 3 is 2.62 bits per heavy atom. The number of thioether (sulfide) groups is 1. The molecule has 0 amide bonds. The molecule has 6 heteroatoms. The second kappa shape index (κ2) is 5.91. The summed E-state index contributed by atoms with van der Waals surface area (Å²) in [6.45, 7) is 0. The molecule has 0 spiro atoms. The SMILES string of the molecule is CSc1ccc(-c2noc(-c3cc(Br)ccc3N)n2)cc1. The van der Waals surface area contributed by atoms with Crippen molar-refractivity contribution in [2.24, 2.45) is 0 Å². The molecule has 0 atom stereocenters. The summed E-state index contributed by atoms with van der Waals surface area (Å²) < 4.78 is 6.24. The van der Waals surface area contributed by atoms with E-state index >= 15 is 0 Å². The highest BCUT2D eigenvalue weighted by atomic mass is 79.9. The average molecular weight is 362 g/mol. The van der Waals surface area contributed by atoms with Gasteiger partial charge in [-0.25, -0.2) is 0 Å². The molecule has 2 N–H and O–H groups in total. The Bertz CT molecular complexity index is 771. The number of halogens is 1. The molecule has 0 saturated heterocycles. The van der Waals surface area contributed by atoms with Gasteiger partial charge in [-0.15, -0.1) is 11.8 Å². The molecule has 21 heavy (non-hydrogen) atoms. The second-order valence-corrected chi connectivity index (χ2v) is 6.18. The number of anilines is 1. The molecular weight excluding hydrogens is 350 g/mol. The zero-order valence-electron chi connectivity index (χ0n) is 11.2. The number of rotatable bonds is 3. The van der Waals surface area contributed by atoms with Crippen LogP contribution in [0.3, 0.4) is 0 Å². The number of aromatic nitrogens is 2. The van der Waals surface area contributed by atoms with Crippen molar-refractivity contribution in [2.75, 3.05) is 12.0 Å². The highest BCUT2D eigenvalue weighted by Crippen LogP contribution is 2.29. The van der Waals surface area contributed by atoms with E-state index in [9.17, 15) is 0 Å². The van der Waals surface area contributed by atoms with Gasteiger partial charge >= 0.3 is 0 Å². The third-order valence-corrected chi connectivity index (χ3v) is 4.26. The second-order valence-electron chi connectivity index (χ2n) is 4.38. The molecule has 1 heterocycles. The van der Waals surface area contributed by atoms with Gasteiger partial charge in [0, 0.05) is 20.6 Å². The minimum atomic E-state index is 0.415. The predicted octanol–water partition coefficient (Wildman–Crippen LogP) is 4.47. The Balaban J connectivity index is 1.97. The van der Waals surface area contributed by atoms with Gasteiger partial charge in [-0.05, 0) is 48.7 Å². The summed E-state index contributed by atoms with van der Waals surface area (Å²) in [6, 6.07) is 13.6. The lowest BCUT2D eigenvalue weighted by molar-refractivity contribution is 0.432. The molecule has 106 valence electrons. The van der Waals surface area contributed by atoms with Crippen LogP contribution in [0.25, 0.3) is 22.8 Å². The maximum absolute atomic E-state index is 5.96. The molecule has 0 radical (unpaired) electrons. The van der Waals surface area contributed by atoms with E-state index in [0.717, 1.165) is 15.6 Å². The van der Waals surface area contributed by atoms with E-state index in [1.165, 1.54) is 4.90 Å². The number of benzene rings is 2. The predicted molar refractivity (Wildman–Crippen MR) is 89.1 cm³/mol. The number of nitrogen functional groups attached to an aromatic ring is 1. The minimum Gasteiger partial charge on any atom is -0.398 e. The van der Waals surface area contributed by atoms with Gasteiger partial charge < -0.3 is 10.3 Å². The van der Waals surface area contributed by atoms with E-state index in [2.05, 4.69) is 26.1 Å². The highest BCUT2D eigenvalue weighted by Gasteiger charge is 2.13. The molecule has 0 bridgehead atoms. The fourth-order valence-electron chi connectivity index (χ4n) is 1.90. The van der Waals surface area contributed by atoms with Crippen LogP contribution in [0.5, 0.6) is 0 Å². The van der Waals surface area contributed by atoms with Crippen LogP contribution in [0.1, 0.15) is 0 Å². The number of hydrogen-bond acceptors (Lipinski definition) is 5. The van der Waals surface area contributed by atoms with E-state index in [-0.39, 0.29) is 0 Å². The summed E-state index contributed by atoms with van der Waals surface area (Å²) in [6.07, 6.45) is 2.04. The first-order valence-electron chi connectivity index (χ1n) is 6.21. The van der Waals surface area contributed by atoms with Crippen molar-refractivity contribution in [1.82, 2.24) is 10.1 Å². The van der Waals surface area contributed by atoms with Crippen molar-refractivity contribution in [1.29, 1.82) is 0 Å². The van der Waals surface area contributed by atoms with Crippen LogP contribution < -0.4 is 5.73 Å². The third kappa shape index (κ3) is 2.96. The van der Waals surface area contributed by atoms with Crippen molar-refractivity contribution in [3.63, 3.8) is 0 Å². The fraction of sp³-hybridized carbons (Fsp3) is 0.0667. The first-order valence-corrected chi connectivity index (χ1v) is 8.22. The molecule has 3 aromatic rings. The third-order valence-electron chi connectivity index (χ3n) is 3.02. The molecule has 0 aliphatic rings. The maximum atomic E-state index is 5.96. The largest absolute Gasteiger partial charge is 0.398 e. The van der Waals surface area contributed by atoms with Gasteiger partial charge in [-0.2, -0.15) is 4.98 Å². The minimum absolute atomic E-state index is 0.415. The van der Waals surface area contributed by atoms with Crippen LogP contribution in [0.15, 0.2) is 56.4 Å². The number of hydrogen-bond donors (Lipinski definition) is 1. The number of nitrogens with two attached hydrogens (primary N) is 1. The van der Waals surface area contributed by atoms with E-state index in [0.29, 0.717) is 17.4 Å². The van der Waals surface area contributed by atoms with Gasteiger partial charge in [0.05, 0.1) is 5.56 Å². The molecule has 4 nitrogen and oxygen atoms in total. The first kappa shape index (κ1) is 14.2. The van der Waals surface area contributed by atoms with Gasteiger partial charge in [0.15, 0.2) is 0 Å². The van der Waals surface area contributed by atoms with E-state index < -0.39 is 0 Å². The Labute approximate surface area is 134 Å². The molecule has 0 saturated carbocycles. The van der Waals surface area contributed by atoms with Crippen LogP contribution in [0.4, 0.5) is 5.69 Å². The quantitative estimate of drug-likeness (QED) is 0.550. The smallest absolute Gasteiger partial charge is 0.260 e. The van der Waals surface area contributed by atoms with Gasteiger partial charge in [0.25, 0.3) is 5.89 Å². The lowest BCUT2D eigenvalue weighted by Crippen LogP contribution is -1.90. The standard InChI is InChI=1S/C15H12BrN3OS/c1-21-11-5-2-9(3-6-11)14-18-15(20-19-14)12-8-10(16)4-7-13(12)17/h2-8H,17H2,1H3. The summed E-state index contributed by atoms with van der Waals surface area (Å²) in [7, 11) is 0. The number of nitrogens with zero attached hydrogens (tertiary/aromatic N) is 2. The molecule has 0 aliphatic heterocycles. The van der Waals surface area contributed by atoms with Crippen molar-refractivity contribution >= 4 is 33.4 Å². The zero-order chi connectivity index (χ0) is 14.8.